The lowest BCUT2D eigenvalue weighted by molar-refractivity contribution is 0.0944. The molecule has 140 valence electrons. The zero-order valence-electron chi connectivity index (χ0n) is 15.4. The van der Waals surface area contributed by atoms with Crippen LogP contribution in [0.2, 0.25) is 5.02 Å². The molecule has 1 aliphatic heterocycles. The van der Waals surface area contributed by atoms with Gasteiger partial charge in [0.05, 0.1) is 10.7 Å². The van der Waals surface area contributed by atoms with Gasteiger partial charge in [-0.1, -0.05) is 30.7 Å². The lowest BCUT2D eigenvalue weighted by Gasteiger charge is -2.17. The minimum Gasteiger partial charge on any atom is -0.372 e. The Labute approximate surface area is 164 Å². The van der Waals surface area contributed by atoms with E-state index >= 15 is 0 Å². The number of hydrogen-bond donors (Lipinski definition) is 1. The molecule has 4 rings (SSSR count). The zero-order valence-corrected chi connectivity index (χ0v) is 16.2. The molecule has 6 heteroatoms. The number of nitrogens with zero attached hydrogens (tertiary/aromatic N) is 3. The Hall–Kier alpha value is -2.53. The molecule has 1 N–H and O–H groups in total. The molecule has 3 aromatic rings. The van der Waals surface area contributed by atoms with E-state index in [9.17, 15) is 4.79 Å². The van der Waals surface area contributed by atoms with E-state index in [-0.39, 0.29) is 5.91 Å². The van der Waals surface area contributed by atoms with Crippen molar-refractivity contribution in [1.29, 1.82) is 0 Å². The average Bonchev–Trinajstić information content (AvgIpc) is 3.34. The number of halogens is 1. The average molecular weight is 383 g/mol. The standard InChI is InChI=1S/C21H23ClN4O/c1-2-18-20(26-14-16(22)7-10-19(26)24-18)21(27)23-13-15-5-8-17(9-6-15)25-11-3-4-12-25/h5-10,14H,2-4,11-13H2,1H3,(H,23,27). The van der Waals surface area contributed by atoms with Gasteiger partial charge in [0.2, 0.25) is 0 Å². The molecule has 27 heavy (non-hydrogen) atoms. The van der Waals surface area contributed by atoms with Gasteiger partial charge in [0.1, 0.15) is 11.3 Å². The predicted molar refractivity (Wildman–Crippen MR) is 109 cm³/mol. The van der Waals surface area contributed by atoms with Crippen molar-refractivity contribution in [3.8, 4) is 0 Å². The van der Waals surface area contributed by atoms with Crippen molar-refractivity contribution in [3.63, 3.8) is 0 Å². The minimum atomic E-state index is -0.134. The van der Waals surface area contributed by atoms with Gasteiger partial charge >= 0.3 is 0 Å². The highest BCUT2D eigenvalue weighted by Gasteiger charge is 2.18. The number of carbonyl (C=O) groups excluding carboxylic acids is 1. The summed E-state index contributed by atoms with van der Waals surface area (Å²) in [6, 6.07) is 12.1. The topological polar surface area (TPSA) is 49.6 Å². The van der Waals surface area contributed by atoms with Crippen molar-refractivity contribution in [3.05, 3.63) is 64.6 Å². The Morgan fingerprint density at radius 1 is 1.15 bits per heavy atom. The Morgan fingerprint density at radius 2 is 1.89 bits per heavy atom. The summed E-state index contributed by atoms with van der Waals surface area (Å²) in [5.74, 6) is -0.134. The second kappa shape index (κ2) is 7.61. The third-order valence-corrected chi connectivity index (χ3v) is 5.29. The molecule has 0 aliphatic carbocycles. The maximum absolute atomic E-state index is 12.8. The molecule has 1 aliphatic rings. The number of fused-ring (bicyclic) bond motifs is 1. The fraction of sp³-hybridized carbons (Fsp3) is 0.333. The summed E-state index contributed by atoms with van der Waals surface area (Å²) in [6.07, 6.45) is 4.96. The summed E-state index contributed by atoms with van der Waals surface area (Å²) in [4.78, 5) is 19.8. The first kappa shape index (κ1) is 17.9. The minimum absolute atomic E-state index is 0.134. The van der Waals surface area contributed by atoms with Gasteiger partial charge in [-0.25, -0.2) is 4.98 Å². The fourth-order valence-corrected chi connectivity index (χ4v) is 3.78. The number of aromatic nitrogens is 2. The number of imidazole rings is 1. The van der Waals surface area contributed by atoms with Crippen LogP contribution in [0.3, 0.4) is 0 Å². The van der Waals surface area contributed by atoms with Gasteiger partial charge in [-0.05, 0) is 49.1 Å². The van der Waals surface area contributed by atoms with Gasteiger partial charge in [-0.2, -0.15) is 0 Å². The Balaban J connectivity index is 1.49. The highest BCUT2D eigenvalue weighted by molar-refractivity contribution is 6.30. The Bertz CT molecular complexity index is 958. The van der Waals surface area contributed by atoms with Crippen LogP contribution in [0.25, 0.3) is 5.65 Å². The van der Waals surface area contributed by atoms with Crippen LogP contribution in [0.1, 0.15) is 41.5 Å². The molecule has 0 spiro atoms. The van der Waals surface area contributed by atoms with E-state index < -0.39 is 0 Å². The first-order valence-electron chi connectivity index (χ1n) is 9.44. The van der Waals surface area contributed by atoms with Crippen molar-refractivity contribution >= 4 is 28.8 Å². The van der Waals surface area contributed by atoms with E-state index in [1.165, 1.54) is 18.5 Å². The third kappa shape index (κ3) is 3.65. The molecule has 0 unspecified atom stereocenters. The maximum Gasteiger partial charge on any atom is 0.270 e. The number of carbonyl (C=O) groups is 1. The number of pyridine rings is 1. The molecule has 1 aromatic carbocycles. The normalized spacial score (nSPS) is 14.1. The summed E-state index contributed by atoms with van der Waals surface area (Å²) in [7, 11) is 0. The third-order valence-electron chi connectivity index (χ3n) is 5.07. The second-order valence-corrected chi connectivity index (χ2v) is 7.32. The van der Waals surface area contributed by atoms with Gasteiger partial charge in [-0.15, -0.1) is 0 Å². The molecular formula is C21H23ClN4O. The highest BCUT2D eigenvalue weighted by Crippen LogP contribution is 2.21. The number of hydrogen-bond acceptors (Lipinski definition) is 3. The monoisotopic (exact) mass is 382 g/mol. The zero-order chi connectivity index (χ0) is 18.8. The maximum atomic E-state index is 12.8. The molecule has 1 saturated heterocycles. The van der Waals surface area contributed by atoms with E-state index in [1.807, 2.05) is 13.0 Å². The van der Waals surface area contributed by atoms with Crippen LogP contribution < -0.4 is 10.2 Å². The summed E-state index contributed by atoms with van der Waals surface area (Å²) in [6.45, 7) is 4.74. The molecule has 0 atom stereocenters. The molecule has 2 aromatic heterocycles. The van der Waals surface area contributed by atoms with Crippen LogP contribution in [-0.2, 0) is 13.0 Å². The number of nitrogens with one attached hydrogen (secondary N) is 1. The molecule has 1 fully saturated rings. The molecule has 5 nitrogen and oxygen atoms in total. The highest BCUT2D eigenvalue weighted by atomic mass is 35.5. The van der Waals surface area contributed by atoms with Crippen LogP contribution in [0.4, 0.5) is 5.69 Å². The molecule has 0 saturated carbocycles. The number of aryl methyl sites for hydroxylation is 1. The van der Waals surface area contributed by atoms with E-state index in [1.54, 1.807) is 16.7 Å². The summed E-state index contributed by atoms with van der Waals surface area (Å²) in [5.41, 5.74) is 4.41. The molecule has 1 amide bonds. The van der Waals surface area contributed by atoms with Crippen LogP contribution in [-0.4, -0.2) is 28.4 Å². The van der Waals surface area contributed by atoms with E-state index in [2.05, 4.69) is 39.5 Å². The summed E-state index contributed by atoms with van der Waals surface area (Å²) >= 11 is 6.11. The van der Waals surface area contributed by atoms with E-state index in [0.29, 0.717) is 23.7 Å². The quantitative estimate of drug-likeness (QED) is 0.723. The number of benzene rings is 1. The van der Waals surface area contributed by atoms with Gasteiger partial charge in [0.25, 0.3) is 5.91 Å². The SMILES string of the molecule is CCc1nc2ccc(Cl)cn2c1C(=O)NCc1ccc(N2CCCC2)cc1. The van der Waals surface area contributed by atoms with Crippen LogP contribution in [0, 0.1) is 0 Å². The van der Waals surface area contributed by atoms with Crippen molar-refractivity contribution in [2.24, 2.45) is 0 Å². The van der Waals surface area contributed by atoms with Crippen LogP contribution >= 0.6 is 11.6 Å². The molecule has 0 bridgehead atoms. The van der Waals surface area contributed by atoms with Crippen molar-refractivity contribution in [1.82, 2.24) is 14.7 Å². The van der Waals surface area contributed by atoms with Gasteiger partial charge in [0.15, 0.2) is 0 Å². The van der Waals surface area contributed by atoms with Crippen molar-refractivity contribution in [2.45, 2.75) is 32.7 Å². The molecule has 3 heterocycles. The smallest absolute Gasteiger partial charge is 0.270 e. The first-order chi connectivity index (χ1) is 13.2. The fourth-order valence-electron chi connectivity index (χ4n) is 3.62. The van der Waals surface area contributed by atoms with E-state index in [4.69, 9.17) is 11.6 Å². The number of anilines is 1. The largest absolute Gasteiger partial charge is 0.372 e. The number of rotatable bonds is 5. The first-order valence-corrected chi connectivity index (χ1v) is 9.82. The number of amides is 1. The van der Waals surface area contributed by atoms with Gasteiger partial charge < -0.3 is 10.2 Å². The lowest BCUT2D eigenvalue weighted by Crippen LogP contribution is -2.25. The van der Waals surface area contributed by atoms with Gasteiger partial charge in [-0.3, -0.25) is 9.20 Å². The Morgan fingerprint density at radius 3 is 2.59 bits per heavy atom. The molecule has 0 radical (unpaired) electrons. The van der Waals surface area contributed by atoms with E-state index in [0.717, 1.165) is 30.0 Å². The van der Waals surface area contributed by atoms with Crippen molar-refractivity contribution < 1.29 is 4.79 Å². The second-order valence-electron chi connectivity index (χ2n) is 6.88. The predicted octanol–water partition coefficient (Wildman–Crippen LogP) is 4.08. The summed E-state index contributed by atoms with van der Waals surface area (Å²) in [5, 5.41) is 3.60. The Kier molecular flexibility index (Phi) is 5.03. The summed E-state index contributed by atoms with van der Waals surface area (Å²) < 4.78 is 1.77. The van der Waals surface area contributed by atoms with Crippen LogP contribution in [0.5, 0.6) is 0 Å². The lowest BCUT2D eigenvalue weighted by atomic mass is 10.2. The van der Waals surface area contributed by atoms with Crippen LogP contribution in [0.15, 0.2) is 42.6 Å². The molecular weight excluding hydrogens is 360 g/mol. The van der Waals surface area contributed by atoms with Gasteiger partial charge in [0, 0.05) is 31.5 Å². The van der Waals surface area contributed by atoms with Crippen molar-refractivity contribution in [2.75, 3.05) is 18.0 Å².